The topological polar surface area (TPSA) is 74.9 Å². The fourth-order valence-corrected chi connectivity index (χ4v) is 1.66. The van der Waals surface area contributed by atoms with E-state index in [0.29, 0.717) is 6.42 Å². The molecule has 0 radical (unpaired) electrons. The maximum absolute atomic E-state index is 9.53. The van der Waals surface area contributed by atoms with Crippen molar-refractivity contribution in [3.8, 4) is 11.3 Å². The highest BCUT2D eigenvalue weighted by molar-refractivity contribution is 5.62. The summed E-state index contributed by atoms with van der Waals surface area (Å²) >= 11 is 0. The highest BCUT2D eigenvalue weighted by atomic mass is 16.3. The molecule has 16 heavy (non-hydrogen) atoms. The monoisotopic (exact) mass is 217 g/mol. The normalized spacial score (nSPS) is 12.6. The number of nitrogens with two attached hydrogens (primary N) is 1. The van der Waals surface area contributed by atoms with Crippen molar-refractivity contribution in [3.63, 3.8) is 0 Å². The van der Waals surface area contributed by atoms with Crippen LogP contribution in [-0.2, 0) is 6.42 Å². The van der Waals surface area contributed by atoms with Crippen molar-refractivity contribution in [2.45, 2.75) is 12.5 Å². The van der Waals surface area contributed by atoms with Crippen molar-refractivity contribution in [3.05, 3.63) is 42.1 Å². The van der Waals surface area contributed by atoms with Crippen molar-refractivity contribution in [2.24, 2.45) is 5.73 Å². The minimum absolute atomic E-state index is 0.263. The molecule has 0 bridgehead atoms. The molecule has 1 aromatic carbocycles. The van der Waals surface area contributed by atoms with Gasteiger partial charge in [0.25, 0.3) is 0 Å². The third kappa shape index (κ3) is 2.29. The zero-order valence-electron chi connectivity index (χ0n) is 8.93. The van der Waals surface area contributed by atoms with E-state index in [9.17, 15) is 5.11 Å². The maximum atomic E-state index is 9.53. The number of hydrogen-bond acceptors (Lipinski definition) is 3. The van der Waals surface area contributed by atoms with Gasteiger partial charge in [-0.15, -0.1) is 0 Å². The maximum Gasteiger partial charge on any atom is 0.0704 e. The average Bonchev–Trinajstić information content (AvgIpc) is 2.78. The second-order valence-corrected chi connectivity index (χ2v) is 3.73. The van der Waals surface area contributed by atoms with Gasteiger partial charge in [0.15, 0.2) is 0 Å². The van der Waals surface area contributed by atoms with E-state index >= 15 is 0 Å². The first-order valence-corrected chi connectivity index (χ1v) is 5.27. The van der Waals surface area contributed by atoms with E-state index in [1.165, 1.54) is 0 Å². The molecular formula is C12H15N3O. The summed E-state index contributed by atoms with van der Waals surface area (Å²) in [6.45, 7) is 0.263. The average molecular weight is 217 g/mol. The van der Waals surface area contributed by atoms with Gasteiger partial charge in [-0.1, -0.05) is 30.3 Å². The number of benzene rings is 1. The number of aromatic amines is 1. The van der Waals surface area contributed by atoms with E-state index in [1.54, 1.807) is 6.20 Å². The molecule has 1 unspecified atom stereocenters. The lowest BCUT2D eigenvalue weighted by Crippen LogP contribution is -2.22. The van der Waals surface area contributed by atoms with Crippen LogP contribution in [0.3, 0.4) is 0 Å². The van der Waals surface area contributed by atoms with Gasteiger partial charge in [0.05, 0.1) is 18.0 Å². The summed E-state index contributed by atoms with van der Waals surface area (Å²) in [6.07, 6.45) is 1.75. The molecule has 0 aliphatic carbocycles. The fraction of sp³-hybridized carbons (Fsp3) is 0.250. The summed E-state index contributed by atoms with van der Waals surface area (Å²) in [5.74, 6) is 0. The zero-order chi connectivity index (χ0) is 11.4. The number of nitrogens with zero attached hydrogens (tertiary/aromatic N) is 1. The summed E-state index contributed by atoms with van der Waals surface area (Å²) in [6, 6.07) is 9.92. The third-order valence-electron chi connectivity index (χ3n) is 2.51. The number of nitrogens with one attached hydrogen (secondary N) is 1. The smallest absolute Gasteiger partial charge is 0.0704 e. The largest absolute Gasteiger partial charge is 0.391 e. The van der Waals surface area contributed by atoms with Crippen LogP contribution in [-0.4, -0.2) is 28.0 Å². The summed E-state index contributed by atoms with van der Waals surface area (Å²) < 4.78 is 0. The van der Waals surface area contributed by atoms with Crippen LogP contribution in [0.15, 0.2) is 36.5 Å². The Morgan fingerprint density at radius 2 is 2.06 bits per heavy atom. The Bertz CT molecular complexity index is 439. The molecule has 0 aliphatic rings. The van der Waals surface area contributed by atoms with E-state index in [-0.39, 0.29) is 6.54 Å². The molecule has 84 valence electrons. The molecular weight excluding hydrogens is 202 g/mol. The summed E-state index contributed by atoms with van der Waals surface area (Å²) in [7, 11) is 0. The fourth-order valence-electron chi connectivity index (χ4n) is 1.66. The number of hydrogen-bond donors (Lipinski definition) is 3. The molecule has 1 atom stereocenters. The summed E-state index contributed by atoms with van der Waals surface area (Å²) in [5, 5.41) is 16.5. The Hall–Kier alpha value is -1.65. The summed E-state index contributed by atoms with van der Waals surface area (Å²) in [4.78, 5) is 0. The van der Waals surface area contributed by atoms with Crippen molar-refractivity contribution in [2.75, 3.05) is 6.54 Å². The Morgan fingerprint density at radius 1 is 1.31 bits per heavy atom. The first-order valence-electron chi connectivity index (χ1n) is 5.27. The van der Waals surface area contributed by atoms with Crippen LogP contribution in [0.5, 0.6) is 0 Å². The molecule has 2 aromatic rings. The van der Waals surface area contributed by atoms with Gasteiger partial charge in [-0.2, -0.15) is 5.10 Å². The van der Waals surface area contributed by atoms with Gasteiger partial charge in [0.1, 0.15) is 0 Å². The molecule has 0 fully saturated rings. The Balaban J connectivity index is 2.26. The zero-order valence-corrected chi connectivity index (χ0v) is 8.93. The molecule has 1 aromatic heterocycles. The van der Waals surface area contributed by atoms with Crippen LogP contribution in [0, 0.1) is 0 Å². The van der Waals surface area contributed by atoms with Crippen LogP contribution in [0.25, 0.3) is 11.3 Å². The predicted molar refractivity (Wildman–Crippen MR) is 62.8 cm³/mol. The van der Waals surface area contributed by atoms with E-state index in [2.05, 4.69) is 10.2 Å². The van der Waals surface area contributed by atoms with E-state index in [0.717, 1.165) is 16.8 Å². The van der Waals surface area contributed by atoms with Crippen molar-refractivity contribution >= 4 is 0 Å². The van der Waals surface area contributed by atoms with Gasteiger partial charge >= 0.3 is 0 Å². The lowest BCUT2D eigenvalue weighted by molar-refractivity contribution is 0.183. The van der Waals surface area contributed by atoms with E-state index in [4.69, 9.17) is 5.73 Å². The number of aliphatic hydroxyl groups excluding tert-OH is 1. The lowest BCUT2D eigenvalue weighted by atomic mass is 10.0. The molecule has 2 rings (SSSR count). The highest BCUT2D eigenvalue weighted by Gasteiger charge is 2.10. The van der Waals surface area contributed by atoms with Crippen LogP contribution in [0.2, 0.25) is 0 Å². The Kier molecular flexibility index (Phi) is 3.34. The van der Waals surface area contributed by atoms with Crippen LogP contribution >= 0.6 is 0 Å². The van der Waals surface area contributed by atoms with E-state index in [1.807, 2.05) is 30.3 Å². The SMILES string of the molecule is NCC(O)Cc1cn[nH]c1-c1ccccc1. The molecule has 0 saturated heterocycles. The van der Waals surface area contributed by atoms with Gasteiger partial charge < -0.3 is 10.8 Å². The van der Waals surface area contributed by atoms with Gasteiger partial charge in [-0.05, 0) is 5.56 Å². The number of H-pyrrole nitrogens is 1. The molecule has 0 saturated carbocycles. The van der Waals surface area contributed by atoms with Gasteiger partial charge in [0.2, 0.25) is 0 Å². The first kappa shape index (κ1) is 10.9. The number of aromatic nitrogens is 2. The third-order valence-corrected chi connectivity index (χ3v) is 2.51. The second-order valence-electron chi connectivity index (χ2n) is 3.73. The Labute approximate surface area is 94.1 Å². The van der Waals surface area contributed by atoms with Gasteiger partial charge in [0, 0.05) is 18.5 Å². The van der Waals surface area contributed by atoms with Gasteiger partial charge in [-0.3, -0.25) is 5.10 Å². The molecule has 4 heteroatoms. The molecule has 0 spiro atoms. The van der Waals surface area contributed by atoms with Crippen molar-refractivity contribution < 1.29 is 5.11 Å². The predicted octanol–water partition coefficient (Wildman–Crippen LogP) is 0.939. The second kappa shape index (κ2) is 4.92. The first-order chi connectivity index (χ1) is 7.81. The van der Waals surface area contributed by atoms with Crippen molar-refractivity contribution in [1.29, 1.82) is 0 Å². The summed E-state index contributed by atoms with van der Waals surface area (Å²) in [5.41, 5.74) is 8.41. The molecule has 0 aliphatic heterocycles. The van der Waals surface area contributed by atoms with Crippen LogP contribution in [0.4, 0.5) is 0 Å². The molecule has 4 nitrogen and oxygen atoms in total. The Morgan fingerprint density at radius 3 is 2.75 bits per heavy atom. The van der Waals surface area contributed by atoms with Gasteiger partial charge in [-0.25, -0.2) is 0 Å². The standard InChI is InChI=1S/C12H15N3O/c13-7-11(16)6-10-8-14-15-12(10)9-4-2-1-3-5-9/h1-5,8,11,16H,6-7,13H2,(H,14,15). The highest BCUT2D eigenvalue weighted by Crippen LogP contribution is 2.21. The lowest BCUT2D eigenvalue weighted by Gasteiger charge is -2.07. The minimum atomic E-state index is -0.514. The quantitative estimate of drug-likeness (QED) is 0.713. The van der Waals surface area contributed by atoms with Crippen molar-refractivity contribution in [1.82, 2.24) is 10.2 Å². The minimum Gasteiger partial charge on any atom is -0.391 e. The number of aliphatic hydroxyl groups is 1. The van der Waals surface area contributed by atoms with E-state index < -0.39 is 6.10 Å². The number of rotatable bonds is 4. The molecule has 1 heterocycles. The van der Waals surface area contributed by atoms with Crippen LogP contribution < -0.4 is 5.73 Å². The molecule has 4 N–H and O–H groups in total. The molecule has 0 amide bonds. The van der Waals surface area contributed by atoms with Crippen LogP contribution in [0.1, 0.15) is 5.56 Å².